The number of alkyl carbamates (subject to hydrolysis) is 1. The van der Waals surface area contributed by atoms with E-state index in [1.807, 2.05) is 0 Å². The molecular weight excluding hydrogens is 226 g/mol. The predicted octanol–water partition coefficient (Wildman–Crippen LogP) is 0.824. The number of aliphatic hydroxyl groups excluding tert-OH is 1. The first-order valence-electron chi connectivity index (χ1n) is 5.51. The topological polar surface area (TPSA) is 84.9 Å². The second-order valence-corrected chi connectivity index (χ2v) is 4.62. The zero-order valence-corrected chi connectivity index (χ0v) is 10.9. The summed E-state index contributed by atoms with van der Waals surface area (Å²) in [4.78, 5) is 22.9. The zero-order valence-electron chi connectivity index (χ0n) is 10.9. The summed E-state index contributed by atoms with van der Waals surface area (Å²) in [6.07, 6.45) is -1.82. The number of hydrogen-bond donors (Lipinski definition) is 2. The highest BCUT2D eigenvalue weighted by Gasteiger charge is 2.28. The Hall–Kier alpha value is -1.30. The fraction of sp³-hybridized carbons (Fsp3) is 0.818. The summed E-state index contributed by atoms with van der Waals surface area (Å²) in [7, 11) is 0. The molecule has 1 amide bonds. The Morgan fingerprint density at radius 1 is 1.35 bits per heavy atom. The van der Waals surface area contributed by atoms with Crippen molar-refractivity contribution in [2.75, 3.05) is 6.61 Å². The summed E-state index contributed by atoms with van der Waals surface area (Å²) >= 11 is 0. The number of carbonyl (C=O) groups is 2. The lowest BCUT2D eigenvalue weighted by molar-refractivity contribution is -0.148. The van der Waals surface area contributed by atoms with Crippen molar-refractivity contribution in [1.29, 1.82) is 0 Å². The summed E-state index contributed by atoms with van der Waals surface area (Å²) in [6, 6.07) is -1.12. The van der Waals surface area contributed by atoms with Crippen molar-refractivity contribution in [2.45, 2.75) is 52.4 Å². The van der Waals surface area contributed by atoms with Gasteiger partial charge in [-0.3, -0.25) is 0 Å². The van der Waals surface area contributed by atoms with E-state index in [1.165, 1.54) is 6.92 Å². The van der Waals surface area contributed by atoms with Gasteiger partial charge in [0.2, 0.25) is 0 Å². The van der Waals surface area contributed by atoms with Gasteiger partial charge in [-0.15, -0.1) is 0 Å². The monoisotopic (exact) mass is 247 g/mol. The largest absolute Gasteiger partial charge is 0.464 e. The molecule has 0 fully saturated rings. The fourth-order valence-electron chi connectivity index (χ4n) is 1.04. The average molecular weight is 247 g/mol. The summed E-state index contributed by atoms with van der Waals surface area (Å²) < 4.78 is 9.70. The molecule has 0 rings (SSSR count). The van der Waals surface area contributed by atoms with Crippen LogP contribution in [0.4, 0.5) is 4.79 Å². The molecule has 2 atom stereocenters. The molecule has 2 unspecified atom stereocenters. The molecule has 0 aromatic heterocycles. The quantitative estimate of drug-likeness (QED) is 0.718. The van der Waals surface area contributed by atoms with E-state index in [2.05, 4.69) is 5.32 Å². The van der Waals surface area contributed by atoms with Crippen LogP contribution in [0, 0.1) is 0 Å². The fourth-order valence-corrected chi connectivity index (χ4v) is 1.04. The van der Waals surface area contributed by atoms with Crippen LogP contribution in [0.1, 0.15) is 34.6 Å². The second-order valence-electron chi connectivity index (χ2n) is 4.62. The Kier molecular flexibility index (Phi) is 5.95. The molecule has 0 aliphatic heterocycles. The third-order valence-electron chi connectivity index (χ3n) is 1.70. The number of hydrogen-bond acceptors (Lipinski definition) is 5. The normalized spacial score (nSPS) is 14.7. The lowest BCUT2D eigenvalue weighted by Gasteiger charge is -2.23. The van der Waals surface area contributed by atoms with Gasteiger partial charge in [-0.05, 0) is 34.6 Å². The Balaban J connectivity index is 4.46. The zero-order chi connectivity index (χ0) is 13.6. The van der Waals surface area contributed by atoms with E-state index in [-0.39, 0.29) is 6.61 Å². The van der Waals surface area contributed by atoms with Crippen molar-refractivity contribution in [1.82, 2.24) is 5.32 Å². The molecule has 0 aliphatic rings. The summed E-state index contributed by atoms with van der Waals surface area (Å²) in [5, 5.41) is 11.7. The van der Waals surface area contributed by atoms with Crippen LogP contribution < -0.4 is 5.32 Å². The molecule has 6 nitrogen and oxygen atoms in total. The van der Waals surface area contributed by atoms with Crippen molar-refractivity contribution in [3.05, 3.63) is 0 Å². The van der Waals surface area contributed by atoms with Crippen LogP contribution in [0.15, 0.2) is 0 Å². The molecule has 0 saturated carbocycles. The number of rotatable bonds is 4. The van der Waals surface area contributed by atoms with Crippen LogP contribution >= 0.6 is 0 Å². The van der Waals surface area contributed by atoms with Gasteiger partial charge in [-0.25, -0.2) is 9.59 Å². The van der Waals surface area contributed by atoms with E-state index in [0.717, 1.165) is 0 Å². The van der Waals surface area contributed by atoms with Gasteiger partial charge in [0.1, 0.15) is 5.60 Å². The van der Waals surface area contributed by atoms with E-state index in [0.29, 0.717) is 0 Å². The Morgan fingerprint density at radius 2 is 1.88 bits per heavy atom. The van der Waals surface area contributed by atoms with Crippen molar-refractivity contribution >= 4 is 12.1 Å². The number of esters is 1. The molecule has 0 saturated heterocycles. The molecule has 0 aromatic rings. The van der Waals surface area contributed by atoms with Gasteiger partial charge >= 0.3 is 12.1 Å². The lowest BCUT2D eigenvalue weighted by Crippen LogP contribution is -2.49. The maximum Gasteiger partial charge on any atom is 0.408 e. The van der Waals surface area contributed by atoms with Crippen LogP contribution in [0.25, 0.3) is 0 Å². The minimum atomic E-state index is -1.12. The molecule has 0 radical (unpaired) electrons. The van der Waals surface area contributed by atoms with Crippen LogP contribution in [-0.4, -0.2) is 41.5 Å². The number of carbonyl (C=O) groups excluding carboxylic acids is 2. The third-order valence-corrected chi connectivity index (χ3v) is 1.70. The molecule has 0 aliphatic carbocycles. The van der Waals surface area contributed by atoms with E-state index in [4.69, 9.17) is 9.47 Å². The van der Waals surface area contributed by atoms with E-state index >= 15 is 0 Å². The van der Waals surface area contributed by atoms with Gasteiger partial charge < -0.3 is 19.9 Å². The van der Waals surface area contributed by atoms with Crippen LogP contribution in [0.2, 0.25) is 0 Å². The Bertz CT molecular complexity index is 270. The van der Waals surface area contributed by atoms with Gasteiger partial charge in [0.25, 0.3) is 0 Å². The number of ether oxygens (including phenoxy) is 2. The molecule has 0 spiro atoms. The summed E-state index contributed by atoms with van der Waals surface area (Å²) in [5.74, 6) is -0.687. The molecule has 100 valence electrons. The van der Waals surface area contributed by atoms with Crippen LogP contribution in [-0.2, 0) is 14.3 Å². The van der Waals surface area contributed by atoms with Crippen LogP contribution in [0.5, 0.6) is 0 Å². The minimum Gasteiger partial charge on any atom is -0.464 e. The number of aliphatic hydroxyl groups is 1. The van der Waals surface area contributed by atoms with Crippen molar-refractivity contribution < 1.29 is 24.2 Å². The SMILES string of the molecule is CCOC(=O)C(NC(=O)OC(C)(C)C)C(C)O. The first-order chi connectivity index (χ1) is 7.67. The molecule has 17 heavy (non-hydrogen) atoms. The maximum absolute atomic E-state index is 11.4. The number of amides is 1. The summed E-state index contributed by atoms with van der Waals surface area (Å²) in [5.41, 5.74) is -0.665. The molecule has 2 N–H and O–H groups in total. The summed E-state index contributed by atoms with van der Waals surface area (Å²) in [6.45, 7) is 8.32. The first-order valence-corrected chi connectivity index (χ1v) is 5.51. The van der Waals surface area contributed by atoms with Crippen LogP contribution in [0.3, 0.4) is 0 Å². The first kappa shape index (κ1) is 15.7. The highest BCUT2D eigenvalue weighted by molar-refractivity contribution is 5.82. The molecule has 6 heteroatoms. The highest BCUT2D eigenvalue weighted by atomic mass is 16.6. The average Bonchev–Trinajstić information content (AvgIpc) is 2.11. The van der Waals surface area contributed by atoms with Gasteiger partial charge in [-0.1, -0.05) is 0 Å². The van der Waals surface area contributed by atoms with E-state index < -0.39 is 29.8 Å². The standard InChI is InChI=1S/C11H21NO5/c1-6-16-9(14)8(7(2)13)12-10(15)17-11(3,4)5/h7-8,13H,6H2,1-5H3,(H,12,15). The maximum atomic E-state index is 11.4. The third kappa shape index (κ3) is 6.78. The Morgan fingerprint density at radius 3 is 2.24 bits per heavy atom. The van der Waals surface area contributed by atoms with Crippen molar-refractivity contribution in [3.8, 4) is 0 Å². The number of nitrogens with one attached hydrogen (secondary N) is 1. The molecule has 0 heterocycles. The second kappa shape index (κ2) is 6.44. The highest BCUT2D eigenvalue weighted by Crippen LogP contribution is 2.07. The minimum absolute atomic E-state index is 0.179. The van der Waals surface area contributed by atoms with Crippen molar-refractivity contribution in [2.24, 2.45) is 0 Å². The smallest absolute Gasteiger partial charge is 0.408 e. The van der Waals surface area contributed by atoms with E-state index in [9.17, 15) is 14.7 Å². The Labute approximate surface area is 101 Å². The predicted molar refractivity (Wildman–Crippen MR) is 61.5 cm³/mol. The van der Waals surface area contributed by atoms with E-state index in [1.54, 1.807) is 27.7 Å². The van der Waals surface area contributed by atoms with Gasteiger partial charge in [0.05, 0.1) is 12.7 Å². The van der Waals surface area contributed by atoms with Gasteiger partial charge in [0, 0.05) is 0 Å². The van der Waals surface area contributed by atoms with Gasteiger partial charge in [0.15, 0.2) is 6.04 Å². The molecule has 0 bridgehead atoms. The van der Waals surface area contributed by atoms with Gasteiger partial charge in [-0.2, -0.15) is 0 Å². The lowest BCUT2D eigenvalue weighted by atomic mass is 10.2. The van der Waals surface area contributed by atoms with Crippen molar-refractivity contribution in [3.63, 3.8) is 0 Å². The molecular formula is C11H21NO5. The molecule has 0 aromatic carbocycles.